The highest BCUT2D eigenvalue weighted by molar-refractivity contribution is 9.10. The first-order valence-corrected chi connectivity index (χ1v) is 5.37. The molecule has 0 aliphatic carbocycles. The molecule has 0 fully saturated rings. The molecule has 1 heterocycles. The molecule has 1 aromatic carbocycles. The van der Waals surface area contributed by atoms with Crippen molar-refractivity contribution in [3.63, 3.8) is 0 Å². The summed E-state index contributed by atoms with van der Waals surface area (Å²) in [5, 5.41) is 9.80. The average molecular weight is 271 g/mol. The Bertz CT molecular complexity index is 401. The molecule has 0 bridgehead atoms. The van der Waals surface area contributed by atoms with Crippen LogP contribution in [0.2, 0.25) is 0 Å². The van der Waals surface area contributed by atoms with E-state index < -0.39 is 6.10 Å². The van der Waals surface area contributed by atoms with Crippen molar-refractivity contribution in [3.8, 4) is 11.5 Å². The highest BCUT2D eigenvalue weighted by Gasteiger charge is 2.19. The van der Waals surface area contributed by atoms with Crippen LogP contribution in [-0.4, -0.2) is 18.8 Å². The molecule has 0 spiro atoms. The van der Waals surface area contributed by atoms with Crippen molar-refractivity contribution in [3.05, 3.63) is 34.3 Å². The van der Waals surface area contributed by atoms with Crippen molar-refractivity contribution in [1.82, 2.24) is 0 Å². The first-order chi connectivity index (χ1) is 7.24. The number of aliphatic hydroxyl groups is 1. The van der Waals surface area contributed by atoms with Gasteiger partial charge in [0, 0.05) is 5.56 Å². The number of hydrogen-bond donors (Lipinski definition) is 1. The fourth-order valence-electron chi connectivity index (χ4n) is 1.51. The van der Waals surface area contributed by atoms with E-state index in [1.165, 1.54) is 0 Å². The van der Waals surface area contributed by atoms with Gasteiger partial charge in [-0.1, -0.05) is 6.08 Å². The molecule has 3 nitrogen and oxygen atoms in total. The van der Waals surface area contributed by atoms with E-state index in [1.54, 1.807) is 31.4 Å². The molecule has 1 unspecified atom stereocenters. The first kappa shape index (κ1) is 10.5. The van der Waals surface area contributed by atoms with Gasteiger partial charge in [-0.25, -0.2) is 0 Å². The summed E-state index contributed by atoms with van der Waals surface area (Å²) in [6.07, 6.45) is 2.89. The molecule has 0 radical (unpaired) electrons. The Kier molecular flexibility index (Phi) is 2.98. The van der Waals surface area contributed by atoms with Crippen LogP contribution in [0, 0.1) is 0 Å². The molecule has 1 aliphatic rings. The van der Waals surface area contributed by atoms with Crippen LogP contribution in [0.5, 0.6) is 11.5 Å². The Morgan fingerprint density at radius 1 is 1.53 bits per heavy atom. The minimum atomic E-state index is -0.621. The third kappa shape index (κ3) is 1.87. The summed E-state index contributed by atoms with van der Waals surface area (Å²) < 4.78 is 11.4. The molecule has 2 rings (SSSR count). The van der Waals surface area contributed by atoms with Crippen LogP contribution >= 0.6 is 15.9 Å². The maximum Gasteiger partial charge on any atom is 0.143 e. The second-order valence-electron chi connectivity index (χ2n) is 3.18. The van der Waals surface area contributed by atoms with Crippen LogP contribution in [0.15, 0.2) is 28.8 Å². The lowest BCUT2D eigenvalue weighted by Crippen LogP contribution is -1.99. The zero-order chi connectivity index (χ0) is 10.8. The summed E-state index contributed by atoms with van der Waals surface area (Å²) in [4.78, 5) is 0. The summed E-state index contributed by atoms with van der Waals surface area (Å²) in [7, 11) is 1.60. The third-order valence-electron chi connectivity index (χ3n) is 2.27. The van der Waals surface area contributed by atoms with Crippen molar-refractivity contribution in [1.29, 1.82) is 0 Å². The van der Waals surface area contributed by atoms with E-state index in [9.17, 15) is 5.11 Å². The monoisotopic (exact) mass is 270 g/mol. The Morgan fingerprint density at radius 3 is 3.07 bits per heavy atom. The van der Waals surface area contributed by atoms with Crippen LogP contribution in [0.4, 0.5) is 0 Å². The van der Waals surface area contributed by atoms with E-state index in [2.05, 4.69) is 15.9 Å². The van der Waals surface area contributed by atoms with Gasteiger partial charge in [-0.3, -0.25) is 0 Å². The molecule has 1 aromatic rings. The summed E-state index contributed by atoms with van der Waals surface area (Å²) in [6.45, 7) is 0.454. The van der Waals surface area contributed by atoms with Crippen LogP contribution in [-0.2, 0) is 0 Å². The van der Waals surface area contributed by atoms with Crippen LogP contribution in [0.1, 0.15) is 11.7 Å². The number of aliphatic hydroxyl groups excluding tert-OH is 1. The largest absolute Gasteiger partial charge is 0.495 e. The molecule has 1 atom stereocenters. The Balaban J connectivity index is 2.54. The van der Waals surface area contributed by atoms with Crippen LogP contribution < -0.4 is 9.47 Å². The summed E-state index contributed by atoms with van der Waals surface area (Å²) in [6, 6.07) is 3.61. The van der Waals surface area contributed by atoms with Crippen molar-refractivity contribution < 1.29 is 14.6 Å². The van der Waals surface area contributed by atoms with Gasteiger partial charge in [-0.05, 0) is 34.1 Å². The number of benzene rings is 1. The number of methoxy groups -OCH3 is 1. The normalized spacial score (nSPS) is 19.0. The van der Waals surface area contributed by atoms with Gasteiger partial charge in [-0.2, -0.15) is 0 Å². The zero-order valence-corrected chi connectivity index (χ0v) is 9.82. The molecule has 1 N–H and O–H groups in total. The molecule has 4 heteroatoms. The summed E-state index contributed by atoms with van der Waals surface area (Å²) >= 11 is 3.40. The second-order valence-corrected chi connectivity index (χ2v) is 3.98. The Hall–Kier alpha value is -1.00. The smallest absolute Gasteiger partial charge is 0.143 e. The van der Waals surface area contributed by atoms with Gasteiger partial charge >= 0.3 is 0 Å². The van der Waals surface area contributed by atoms with E-state index in [0.29, 0.717) is 18.1 Å². The maximum absolute atomic E-state index is 9.80. The molecular weight excluding hydrogens is 260 g/mol. The number of rotatable bonds is 1. The first-order valence-electron chi connectivity index (χ1n) is 4.58. The fourth-order valence-corrected chi connectivity index (χ4v) is 2.15. The topological polar surface area (TPSA) is 38.7 Å². The highest BCUT2D eigenvalue weighted by atomic mass is 79.9. The number of ether oxygens (including phenoxy) is 2. The van der Waals surface area contributed by atoms with Gasteiger partial charge in [0.25, 0.3) is 0 Å². The number of fused-ring (bicyclic) bond motifs is 1. The SMILES string of the molecule is COc1ccc2c(c1Br)OCC=CC2O. The quantitative estimate of drug-likeness (QED) is 0.797. The zero-order valence-electron chi connectivity index (χ0n) is 8.24. The Labute approximate surface area is 96.4 Å². The van der Waals surface area contributed by atoms with Crippen molar-refractivity contribution in [2.24, 2.45) is 0 Å². The molecule has 0 saturated carbocycles. The molecule has 80 valence electrons. The van der Waals surface area contributed by atoms with E-state index >= 15 is 0 Å². The minimum Gasteiger partial charge on any atom is -0.495 e. The van der Waals surface area contributed by atoms with E-state index in [4.69, 9.17) is 9.47 Å². The highest BCUT2D eigenvalue weighted by Crippen LogP contribution is 2.40. The van der Waals surface area contributed by atoms with Gasteiger partial charge in [0.2, 0.25) is 0 Å². The van der Waals surface area contributed by atoms with Crippen molar-refractivity contribution >= 4 is 15.9 Å². The molecular formula is C11H11BrO3. The third-order valence-corrected chi connectivity index (χ3v) is 3.02. The van der Waals surface area contributed by atoms with Crippen LogP contribution in [0.3, 0.4) is 0 Å². The second kappa shape index (κ2) is 4.24. The lowest BCUT2D eigenvalue weighted by molar-refractivity contribution is 0.225. The Morgan fingerprint density at radius 2 is 2.33 bits per heavy atom. The van der Waals surface area contributed by atoms with Crippen molar-refractivity contribution in [2.45, 2.75) is 6.10 Å². The standard InChI is InChI=1S/C11H11BrO3/c1-14-9-5-4-7-8(13)3-2-6-15-11(7)10(9)12/h2-5,8,13H,6H2,1H3. The van der Waals surface area contributed by atoms with Gasteiger partial charge in [0.15, 0.2) is 0 Å². The van der Waals surface area contributed by atoms with Gasteiger partial charge in [0.05, 0.1) is 7.11 Å². The van der Waals surface area contributed by atoms with E-state index in [0.717, 1.165) is 10.0 Å². The van der Waals surface area contributed by atoms with E-state index in [1.807, 2.05) is 0 Å². The molecule has 0 saturated heterocycles. The lowest BCUT2D eigenvalue weighted by Gasteiger charge is -2.14. The molecule has 1 aliphatic heterocycles. The summed E-state index contributed by atoms with van der Waals surface area (Å²) in [5.74, 6) is 1.34. The van der Waals surface area contributed by atoms with E-state index in [-0.39, 0.29) is 0 Å². The fraction of sp³-hybridized carbons (Fsp3) is 0.273. The molecule has 0 aromatic heterocycles. The van der Waals surface area contributed by atoms with Crippen molar-refractivity contribution in [2.75, 3.05) is 13.7 Å². The predicted octanol–water partition coefficient (Wildman–Crippen LogP) is 2.44. The average Bonchev–Trinajstić information content (AvgIpc) is 2.42. The minimum absolute atomic E-state index is 0.454. The molecule has 0 amide bonds. The lowest BCUT2D eigenvalue weighted by atomic mass is 10.1. The van der Waals surface area contributed by atoms with Gasteiger partial charge in [0.1, 0.15) is 28.7 Å². The van der Waals surface area contributed by atoms with Crippen LogP contribution in [0.25, 0.3) is 0 Å². The number of hydrogen-bond acceptors (Lipinski definition) is 3. The number of halogens is 1. The molecule has 15 heavy (non-hydrogen) atoms. The maximum atomic E-state index is 9.80. The van der Waals surface area contributed by atoms with Gasteiger partial charge < -0.3 is 14.6 Å². The van der Waals surface area contributed by atoms with Gasteiger partial charge in [-0.15, -0.1) is 0 Å². The predicted molar refractivity (Wildman–Crippen MR) is 60.3 cm³/mol. The summed E-state index contributed by atoms with van der Waals surface area (Å²) in [5.41, 5.74) is 0.747.